The van der Waals surface area contributed by atoms with Gasteiger partial charge in [0, 0.05) is 29.9 Å². The molecule has 0 saturated heterocycles. The minimum atomic E-state index is -0.617. The van der Waals surface area contributed by atoms with Crippen LogP contribution in [0.4, 0.5) is 0 Å². The van der Waals surface area contributed by atoms with Gasteiger partial charge in [-0.05, 0) is 59.9 Å². The zero-order chi connectivity index (χ0) is 26.2. The highest BCUT2D eigenvalue weighted by Gasteiger charge is 2.30. The molecule has 4 aromatic rings. The van der Waals surface area contributed by atoms with Crippen LogP contribution in [0.25, 0.3) is 10.8 Å². The third-order valence-electron chi connectivity index (χ3n) is 6.46. The van der Waals surface area contributed by atoms with Crippen LogP contribution in [-0.4, -0.2) is 28.8 Å². The van der Waals surface area contributed by atoms with Crippen LogP contribution >= 0.6 is 15.9 Å². The van der Waals surface area contributed by atoms with Crippen molar-refractivity contribution in [2.24, 2.45) is 0 Å². The fourth-order valence-electron chi connectivity index (χ4n) is 4.62. The molecule has 5 heteroatoms. The fourth-order valence-corrected chi connectivity index (χ4v) is 4.88. The van der Waals surface area contributed by atoms with Crippen LogP contribution in [0, 0.1) is 0 Å². The first-order chi connectivity index (χ1) is 17.9. The molecule has 2 amide bonds. The Morgan fingerprint density at radius 2 is 1.49 bits per heavy atom. The van der Waals surface area contributed by atoms with Gasteiger partial charge in [0.2, 0.25) is 11.8 Å². The van der Waals surface area contributed by atoms with E-state index in [4.69, 9.17) is 0 Å². The van der Waals surface area contributed by atoms with Gasteiger partial charge < -0.3 is 10.2 Å². The van der Waals surface area contributed by atoms with Crippen LogP contribution in [-0.2, 0) is 29.0 Å². The summed E-state index contributed by atoms with van der Waals surface area (Å²) in [5.74, 6) is -0.162. The van der Waals surface area contributed by atoms with E-state index in [0.29, 0.717) is 25.8 Å². The highest BCUT2D eigenvalue weighted by atomic mass is 79.9. The number of nitrogens with one attached hydrogen (secondary N) is 1. The molecule has 4 aromatic carbocycles. The maximum absolute atomic E-state index is 13.9. The average molecular weight is 558 g/mol. The molecule has 1 atom stereocenters. The number of benzene rings is 4. The summed E-state index contributed by atoms with van der Waals surface area (Å²) >= 11 is 3.49. The molecular formula is C32H33BrN2O2. The van der Waals surface area contributed by atoms with Gasteiger partial charge in [-0.25, -0.2) is 0 Å². The first kappa shape index (κ1) is 26.6. The van der Waals surface area contributed by atoms with Crippen molar-refractivity contribution in [3.8, 4) is 0 Å². The van der Waals surface area contributed by atoms with Gasteiger partial charge >= 0.3 is 0 Å². The molecule has 0 saturated carbocycles. The summed E-state index contributed by atoms with van der Waals surface area (Å²) in [5.41, 5.74) is 3.15. The van der Waals surface area contributed by atoms with Crippen molar-refractivity contribution in [2.45, 2.75) is 51.7 Å². The smallest absolute Gasteiger partial charge is 0.243 e. The van der Waals surface area contributed by atoms with Crippen LogP contribution in [0.2, 0.25) is 0 Å². The molecule has 0 spiro atoms. The highest BCUT2D eigenvalue weighted by molar-refractivity contribution is 9.10. The molecule has 0 radical (unpaired) electrons. The number of hydrogen-bond acceptors (Lipinski definition) is 2. The van der Waals surface area contributed by atoms with Gasteiger partial charge in [0.15, 0.2) is 0 Å². The number of nitrogens with zero attached hydrogens (tertiary/aromatic N) is 1. The van der Waals surface area contributed by atoms with Crippen molar-refractivity contribution in [3.63, 3.8) is 0 Å². The van der Waals surface area contributed by atoms with E-state index in [-0.39, 0.29) is 17.9 Å². The van der Waals surface area contributed by atoms with Gasteiger partial charge in [0.1, 0.15) is 6.04 Å². The summed E-state index contributed by atoms with van der Waals surface area (Å²) in [5, 5.41) is 5.38. The Hall–Kier alpha value is -3.44. The Balaban J connectivity index is 1.64. The number of hydrogen-bond donors (Lipinski definition) is 1. The number of amides is 2. The predicted molar refractivity (Wildman–Crippen MR) is 154 cm³/mol. The molecule has 0 bridgehead atoms. The molecular weight excluding hydrogens is 524 g/mol. The van der Waals surface area contributed by atoms with Crippen LogP contribution in [0.15, 0.2) is 102 Å². The Morgan fingerprint density at radius 3 is 2.22 bits per heavy atom. The summed E-state index contributed by atoms with van der Waals surface area (Å²) in [6.07, 6.45) is 1.39. The minimum absolute atomic E-state index is 0.0221. The van der Waals surface area contributed by atoms with Gasteiger partial charge in [-0.15, -0.1) is 0 Å². The summed E-state index contributed by atoms with van der Waals surface area (Å²) < 4.78 is 0.975. The van der Waals surface area contributed by atoms with Gasteiger partial charge in [-0.1, -0.05) is 101 Å². The Bertz CT molecular complexity index is 1330. The van der Waals surface area contributed by atoms with Crippen molar-refractivity contribution < 1.29 is 9.59 Å². The maximum Gasteiger partial charge on any atom is 0.243 e. The lowest BCUT2D eigenvalue weighted by Crippen LogP contribution is -2.51. The van der Waals surface area contributed by atoms with Crippen molar-refractivity contribution in [2.75, 3.05) is 0 Å². The van der Waals surface area contributed by atoms with Gasteiger partial charge in [-0.2, -0.15) is 0 Å². The Labute approximate surface area is 227 Å². The molecule has 0 aliphatic carbocycles. The summed E-state index contributed by atoms with van der Waals surface area (Å²) in [4.78, 5) is 29.1. The molecule has 0 aliphatic rings. The standard InChI is InChI=1S/C32H33BrN2O2/c1-23(2)34-32(37)30(21-24-9-4-3-5-10-24)35(22-25-15-18-28(33)19-16-25)31(36)20-17-27-13-8-12-26-11-6-7-14-29(26)27/h3-16,18-19,23,30H,17,20-22H2,1-2H3,(H,34,37). The van der Waals surface area contributed by atoms with E-state index in [1.807, 2.05) is 86.6 Å². The van der Waals surface area contributed by atoms with E-state index in [9.17, 15) is 9.59 Å². The number of aryl methyl sites for hydroxylation is 1. The first-order valence-electron chi connectivity index (χ1n) is 12.8. The molecule has 190 valence electrons. The second-order valence-corrected chi connectivity index (χ2v) is 10.6. The third-order valence-corrected chi connectivity index (χ3v) is 6.99. The maximum atomic E-state index is 13.9. The minimum Gasteiger partial charge on any atom is -0.352 e. The third kappa shape index (κ3) is 7.30. The molecule has 1 N–H and O–H groups in total. The van der Waals surface area contributed by atoms with Crippen molar-refractivity contribution in [3.05, 3.63) is 118 Å². The second-order valence-electron chi connectivity index (χ2n) is 9.66. The van der Waals surface area contributed by atoms with E-state index < -0.39 is 6.04 Å². The highest BCUT2D eigenvalue weighted by Crippen LogP contribution is 2.22. The number of carbonyl (C=O) groups is 2. The topological polar surface area (TPSA) is 49.4 Å². The summed E-state index contributed by atoms with van der Waals surface area (Å²) in [6.45, 7) is 4.25. The monoisotopic (exact) mass is 556 g/mol. The second kappa shape index (κ2) is 12.7. The molecule has 0 aliphatic heterocycles. The van der Waals surface area contributed by atoms with Crippen LogP contribution in [0.5, 0.6) is 0 Å². The van der Waals surface area contributed by atoms with E-state index in [1.165, 1.54) is 0 Å². The molecule has 1 unspecified atom stereocenters. The Morgan fingerprint density at radius 1 is 0.811 bits per heavy atom. The van der Waals surface area contributed by atoms with Crippen molar-refractivity contribution in [1.29, 1.82) is 0 Å². The number of halogens is 1. The number of rotatable bonds is 10. The number of carbonyl (C=O) groups excluding carboxylic acids is 2. The molecule has 0 aromatic heterocycles. The lowest BCUT2D eigenvalue weighted by molar-refractivity contribution is -0.141. The Kier molecular flexibility index (Phi) is 9.13. The predicted octanol–water partition coefficient (Wildman–Crippen LogP) is 6.70. The van der Waals surface area contributed by atoms with Crippen molar-refractivity contribution >= 4 is 38.5 Å². The largest absolute Gasteiger partial charge is 0.352 e. The number of fused-ring (bicyclic) bond motifs is 1. The molecule has 0 heterocycles. The average Bonchev–Trinajstić information content (AvgIpc) is 2.90. The van der Waals surface area contributed by atoms with Crippen LogP contribution in [0.3, 0.4) is 0 Å². The zero-order valence-corrected chi connectivity index (χ0v) is 22.9. The lowest BCUT2D eigenvalue weighted by Gasteiger charge is -2.32. The quantitative estimate of drug-likeness (QED) is 0.236. The van der Waals surface area contributed by atoms with E-state index in [0.717, 1.165) is 31.9 Å². The van der Waals surface area contributed by atoms with Crippen LogP contribution in [0.1, 0.15) is 37.0 Å². The van der Waals surface area contributed by atoms with E-state index >= 15 is 0 Å². The SMILES string of the molecule is CC(C)NC(=O)C(Cc1ccccc1)N(Cc1ccc(Br)cc1)C(=O)CCc1cccc2ccccc12. The van der Waals surface area contributed by atoms with Gasteiger partial charge in [0.25, 0.3) is 0 Å². The van der Waals surface area contributed by atoms with E-state index in [1.54, 1.807) is 4.90 Å². The molecule has 0 fully saturated rings. The first-order valence-corrected chi connectivity index (χ1v) is 13.5. The van der Waals surface area contributed by atoms with Gasteiger partial charge in [-0.3, -0.25) is 9.59 Å². The molecule has 4 rings (SSSR count). The van der Waals surface area contributed by atoms with E-state index in [2.05, 4.69) is 45.5 Å². The summed E-state index contributed by atoms with van der Waals surface area (Å²) in [6, 6.07) is 31.6. The van der Waals surface area contributed by atoms with Crippen molar-refractivity contribution in [1.82, 2.24) is 10.2 Å². The summed E-state index contributed by atoms with van der Waals surface area (Å²) in [7, 11) is 0. The molecule has 37 heavy (non-hydrogen) atoms. The normalized spacial score (nSPS) is 11.9. The van der Waals surface area contributed by atoms with Crippen LogP contribution < -0.4 is 5.32 Å². The molecule has 4 nitrogen and oxygen atoms in total. The lowest BCUT2D eigenvalue weighted by atomic mass is 9.99. The van der Waals surface area contributed by atoms with Gasteiger partial charge in [0.05, 0.1) is 0 Å². The zero-order valence-electron chi connectivity index (χ0n) is 21.4. The fraction of sp³-hybridized carbons (Fsp3) is 0.250.